The molecule has 0 heterocycles. The van der Waals surface area contributed by atoms with E-state index in [1.165, 1.54) is 0 Å². The first-order chi connectivity index (χ1) is 4.86. The Morgan fingerprint density at radius 3 is 2.18 bits per heavy atom. The maximum atomic E-state index is 12.5. The summed E-state index contributed by atoms with van der Waals surface area (Å²) in [6.07, 6.45) is -1.32. The second-order valence-corrected chi connectivity index (χ2v) is 2.06. The lowest BCUT2D eigenvalue weighted by Crippen LogP contribution is -2.43. The molecule has 0 aromatic rings. The highest BCUT2D eigenvalue weighted by Crippen LogP contribution is 2.10. The van der Waals surface area contributed by atoms with Gasteiger partial charge in [-0.05, 0) is 0 Å². The van der Waals surface area contributed by atoms with Crippen molar-refractivity contribution in [3.05, 3.63) is 0 Å². The quantitative estimate of drug-likeness (QED) is 0.490. The fraction of sp³-hybridized carbons (Fsp3) is 0.600. The van der Waals surface area contributed by atoms with Crippen LogP contribution in [0.25, 0.3) is 0 Å². The van der Waals surface area contributed by atoms with Crippen LogP contribution < -0.4 is 5.73 Å². The standard InChI is InChI=1S/C5H8FNO4/c6-5(7,4(10)11)2-1-3(8)9/h1-2,7H2,(H,8,9)(H,10,11)/t5-/m0/s1. The summed E-state index contributed by atoms with van der Waals surface area (Å²) in [5, 5.41) is 16.1. The van der Waals surface area contributed by atoms with Gasteiger partial charge in [0.25, 0.3) is 5.79 Å². The van der Waals surface area contributed by atoms with Crippen LogP contribution in [0.15, 0.2) is 0 Å². The van der Waals surface area contributed by atoms with Gasteiger partial charge in [-0.25, -0.2) is 9.18 Å². The second kappa shape index (κ2) is 3.29. The molecule has 0 rings (SSSR count). The summed E-state index contributed by atoms with van der Waals surface area (Å²) in [6.45, 7) is 0. The zero-order valence-electron chi connectivity index (χ0n) is 5.58. The topological polar surface area (TPSA) is 101 Å². The fourth-order valence-electron chi connectivity index (χ4n) is 0.396. The Labute approximate surface area is 61.6 Å². The molecule has 11 heavy (non-hydrogen) atoms. The maximum absolute atomic E-state index is 12.5. The van der Waals surface area contributed by atoms with Crippen molar-refractivity contribution in [3.63, 3.8) is 0 Å². The Morgan fingerprint density at radius 1 is 1.45 bits per heavy atom. The van der Waals surface area contributed by atoms with E-state index in [1.54, 1.807) is 0 Å². The molecule has 4 N–H and O–H groups in total. The lowest BCUT2D eigenvalue weighted by molar-refractivity contribution is -0.152. The van der Waals surface area contributed by atoms with Crippen LogP contribution in [0.3, 0.4) is 0 Å². The number of carboxylic acid groups (broad SMARTS) is 2. The minimum absolute atomic E-state index is 0.598. The average Bonchev–Trinajstić information content (AvgIpc) is 1.84. The number of carboxylic acids is 2. The summed E-state index contributed by atoms with van der Waals surface area (Å²) in [4.78, 5) is 19.8. The number of halogens is 1. The third-order valence-electron chi connectivity index (χ3n) is 1.06. The highest BCUT2D eigenvalue weighted by molar-refractivity contribution is 5.77. The van der Waals surface area contributed by atoms with Gasteiger partial charge in [-0.3, -0.25) is 10.5 Å². The first-order valence-corrected chi connectivity index (χ1v) is 2.79. The third kappa shape index (κ3) is 3.51. The molecule has 0 amide bonds. The summed E-state index contributed by atoms with van der Waals surface area (Å²) in [6, 6.07) is 0. The van der Waals surface area contributed by atoms with E-state index in [9.17, 15) is 14.0 Å². The van der Waals surface area contributed by atoms with Crippen molar-refractivity contribution in [1.29, 1.82) is 0 Å². The van der Waals surface area contributed by atoms with Gasteiger partial charge in [0.2, 0.25) is 0 Å². The van der Waals surface area contributed by atoms with Crippen molar-refractivity contribution >= 4 is 11.9 Å². The minimum atomic E-state index is -2.93. The van der Waals surface area contributed by atoms with Gasteiger partial charge in [-0.2, -0.15) is 0 Å². The van der Waals surface area contributed by atoms with Gasteiger partial charge in [-0.15, -0.1) is 0 Å². The van der Waals surface area contributed by atoms with Gasteiger partial charge >= 0.3 is 11.9 Å². The van der Waals surface area contributed by atoms with Crippen LogP contribution in [0.4, 0.5) is 4.39 Å². The molecule has 5 nitrogen and oxygen atoms in total. The molecule has 0 aliphatic carbocycles. The van der Waals surface area contributed by atoms with Gasteiger partial charge in [-0.1, -0.05) is 0 Å². The normalized spacial score (nSPS) is 15.5. The van der Waals surface area contributed by atoms with Gasteiger partial charge in [0.1, 0.15) is 0 Å². The van der Waals surface area contributed by atoms with E-state index in [-0.39, 0.29) is 0 Å². The molecule has 0 aliphatic rings. The molecule has 0 unspecified atom stereocenters. The molecular weight excluding hydrogens is 157 g/mol. The summed E-state index contributed by atoms with van der Waals surface area (Å²) in [5.74, 6) is -6.06. The lowest BCUT2D eigenvalue weighted by atomic mass is 10.1. The van der Waals surface area contributed by atoms with Gasteiger partial charge < -0.3 is 10.2 Å². The zero-order chi connectivity index (χ0) is 9.07. The number of rotatable bonds is 4. The number of alkyl halides is 1. The first kappa shape index (κ1) is 9.83. The smallest absolute Gasteiger partial charge is 0.356 e. The van der Waals surface area contributed by atoms with Crippen molar-refractivity contribution in [1.82, 2.24) is 0 Å². The van der Waals surface area contributed by atoms with Crippen molar-refractivity contribution in [2.75, 3.05) is 0 Å². The van der Waals surface area contributed by atoms with E-state index in [1.807, 2.05) is 0 Å². The molecule has 0 aromatic heterocycles. The van der Waals surface area contributed by atoms with E-state index in [0.717, 1.165) is 0 Å². The van der Waals surface area contributed by atoms with Gasteiger partial charge in [0, 0.05) is 6.42 Å². The van der Waals surface area contributed by atoms with Crippen molar-refractivity contribution in [2.45, 2.75) is 18.6 Å². The molecule has 64 valence electrons. The fourth-order valence-corrected chi connectivity index (χ4v) is 0.396. The molecule has 0 bridgehead atoms. The van der Waals surface area contributed by atoms with Crippen LogP contribution in [0, 0.1) is 0 Å². The van der Waals surface area contributed by atoms with Crippen LogP contribution in [0.5, 0.6) is 0 Å². The van der Waals surface area contributed by atoms with E-state index in [2.05, 4.69) is 5.73 Å². The van der Waals surface area contributed by atoms with E-state index in [4.69, 9.17) is 10.2 Å². The zero-order valence-corrected chi connectivity index (χ0v) is 5.58. The Hall–Kier alpha value is -1.17. The van der Waals surface area contributed by atoms with Crippen molar-refractivity contribution in [2.24, 2.45) is 5.73 Å². The monoisotopic (exact) mass is 165 g/mol. The molecule has 0 saturated carbocycles. The summed E-state index contributed by atoms with van der Waals surface area (Å²) >= 11 is 0. The molecule has 1 atom stereocenters. The number of carbonyl (C=O) groups is 2. The Bertz CT molecular complexity index is 179. The molecule has 0 spiro atoms. The van der Waals surface area contributed by atoms with Crippen LogP contribution in [-0.2, 0) is 9.59 Å². The number of aliphatic carboxylic acids is 2. The average molecular weight is 165 g/mol. The molecule has 0 radical (unpaired) electrons. The number of hydrogen-bond acceptors (Lipinski definition) is 3. The van der Waals surface area contributed by atoms with Crippen LogP contribution >= 0.6 is 0 Å². The maximum Gasteiger partial charge on any atom is 0.356 e. The van der Waals surface area contributed by atoms with Crippen molar-refractivity contribution in [3.8, 4) is 0 Å². The molecule has 0 aromatic carbocycles. The Morgan fingerprint density at radius 2 is 1.91 bits per heavy atom. The predicted molar refractivity (Wildman–Crippen MR) is 32.5 cm³/mol. The molecule has 6 heteroatoms. The summed E-state index contributed by atoms with van der Waals surface area (Å²) in [7, 11) is 0. The van der Waals surface area contributed by atoms with Crippen molar-refractivity contribution < 1.29 is 24.2 Å². The van der Waals surface area contributed by atoms with E-state index in [0.29, 0.717) is 0 Å². The van der Waals surface area contributed by atoms with E-state index >= 15 is 0 Å². The summed E-state index contributed by atoms with van der Waals surface area (Å²) in [5.41, 5.74) is 4.58. The van der Waals surface area contributed by atoms with Crippen LogP contribution in [-0.4, -0.2) is 27.9 Å². The Balaban J connectivity index is 3.92. The van der Waals surface area contributed by atoms with Crippen LogP contribution in [0.1, 0.15) is 12.8 Å². The Kier molecular flexibility index (Phi) is 2.94. The molecule has 0 fully saturated rings. The highest BCUT2D eigenvalue weighted by atomic mass is 19.1. The second-order valence-electron chi connectivity index (χ2n) is 2.06. The SMILES string of the molecule is N[C@@](F)(CCC(=O)O)C(=O)O. The highest BCUT2D eigenvalue weighted by Gasteiger charge is 2.33. The van der Waals surface area contributed by atoms with E-state index < -0.39 is 30.6 Å². The number of hydrogen-bond donors (Lipinski definition) is 3. The van der Waals surface area contributed by atoms with Gasteiger partial charge in [0.15, 0.2) is 0 Å². The molecule has 0 saturated heterocycles. The number of nitrogens with two attached hydrogens (primary N) is 1. The third-order valence-corrected chi connectivity index (χ3v) is 1.06. The minimum Gasteiger partial charge on any atom is -0.481 e. The summed E-state index contributed by atoms with van der Waals surface area (Å²) < 4.78 is 12.5. The molecule has 0 aliphatic heterocycles. The molecular formula is C5H8FNO4. The lowest BCUT2D eigenvalue weighted by Gasteiger charge is -2.12. The van der Waals surface area contributed by atoms with Crippen LogP contribution in [0.2, 0.25) is 0 Å². The largest absolute Gasteiger partial charge is 0.481 e. The predicted octanol–water partition coefficient (Wildman–Crippen LogP) is -0.440. The van der Waals surface area contributed by atoms with Gasteiger partial charge in [0.05, 0.1) is 6.42 Å². The first-order valence-electron chi connectivity index (χ1n) is 2.79.